The van der Waals surface area contributed by atoms with Crippen LogP contribution in [-0.4, -0.2) is 33.5 Å². The number of methoxy groups -OCH3 is 1. The highest BCUT2D eigenvalue weighted by atomic mass is 16.5. The van der Waals surface area contributed by atoms with Crippen molar-refractivity contribution in [3.8, 4) is 23.0 Å². The maximum absolute atomic E-state index is 11.9. The van der Waals surface area contributed by atoms with E-state index < -0.39 is 5.97 Å². The molecule has 0 aromatic heterocycles. The van der Waals surface area contributed by atoms with Gasteiger partial charge in [-0.25, -0.2) is 4.79 Å². The number of rotatable bonds is 5. The summed E-state index contributed by atoms with van der Waals surface area (Å²) in [5, 5.41) is 38.2. The van der Waals surface area contributed by atoms with Crippen LogP contribution in [0.25, 0.3) is 24.3 Å². The third-order valence-corrected chi connectivity index (χ3v) is 4.42. The number of hydrogen-bond acceptors (Lipinski definition) is 6. The summed E-state index contributed by atoms with van der Waals surface area (Å²) in [4.78, 5) is 11.9. The van der Waals surface area contributed by atoms with Crippen molar-refractivity contribution < 1.29 is 30.0 Å². The van der Waals surface area contributed by atoms with E-state index in [1.54, 1.807) is 54.6 Å². The van der Waals surface area contributed by atoms with Gasteiger partial charge in [0.25, 0.3) is 0 Å². The van der Waals surface area contributed by atoms with Gasteiger partial charge in [0.2, 0.25) is 0 Å². The molecule has 0 aliphatic rings. The van der Waals surface area contributed by atoms with E-state index in [2.05, 4.69) is 0 Å². The van der Waals surface area contributed by atoms with Gasteiger partial charge in [-0.3, -0.25) is 0 Å². The van der Waals surface area contributed by atoms with E-state index in [4.69, 9.17) is 4.74 Å². The van der Waals surface area contributed by atoms with Crippen LogP contribution in [0.3, 0.4) is 0 Å². The van der Waals surface area contributed by atoms with E-state index in [9.17, 15) is 25.2 Å². The van der Waals surface area contributed by atoms with Crippen LogP contribution < -0.4 is 0 Å². The summed E-state index contributed by atoms with van der Waals surface area (Å²) in [6, 6.07) is 14.0. The zero-order chi connectivity index (χ0) is 21.7. The number of hydrogen-bond donors (Lipinski definition) is 4. The molecule has 0 bridgehead atoms. The van der Waals surface area contributed by atoms with Gasteiger partial charge in [-0.2, -0.15) is 0 Å². The highest BCUT2D eigenvalue weighted by molar-refractivity contribution is 5.92. The second-order valence-corrected chi connectivity index (χ2v) is 6.50. The van der Waals surface area contributed by atoms with E-state index >= 15 is 0 Å². The topological polar surface area (TPSA) is 107 Å². The fourth-order valence-corrected chi connectivity index (χ4v) is 2.78. The minimum atomic E-state index is -0.467. The Morgan fingerprint density at radius 2 is 1.20 bits per heavy atom. The van der Waals surface area contributed by atoms with Crippen molar-refractivity contribution in [2.24, 2.45) is 0 Å². The molecule has 3 aromatic carbocycles. The summed E-state index contributed by atoms with van der Waals surface area (Å²) >= 11 is 0. The smallest absolute Gasteiger partial charge is 0.337 e. The molecule has 0 saturated heterocycles. The molecule has 0 unspecified atom stereocenters. The Morgan fingerprint density at radius 1 is 0.667 bits per heavy atom. The van der Waals surface area contributed by atoms with Crippen LogP contribution in [-0.2, 0) is 4.74 Å². The fraction of sp³-hybridized carbons (Fsp3) is 0.0417. The second-order valence-electron chi connectivity index (χ2n) is 6.50. The summed E-state index contributed by atoms with van der Waals surface area (Å²) in [5.74, 6) is -1.32. The quantitative estimate of drug-likeness (QED) is 0.280. The number of aromatic hydroxyl groups is 4. The molecule has 4 N–H and O–H groups in total. The van der Waals surface area contributed by atoms with E-state index in [0.29, 0.717) is 22.3 Å². The lowest BCUT2D eigenvalue weighted by Gasteiger charge is -2.06. The molecule has 0 saturated carbocycles. The molecule has 3 rings (SSSR count). The van der Waals surface area contributed by atoms with E-state index in [-0.39, 0.29) is 23.0 Å². The summed E-state index contributed by atoms with van der Waals surface area (Å²) in [6.07, 6.45) is 7.07. The van der Waals surface area contributed by atoms with Crippen LogP contribution in [0.5, 0.6) is 23.0 Å². The Hall–Kier alpha value is -4.19. The predicted octanol–water partition coefficient (Wildman–Crippen LogP) is 4.64. The number of esters is 1. The van der Waals surface area contributed by atoms with Gasteiger partial charge in [-0.05, 0) is 58.7 Å². The Kier molecular flexibility index (Phi) is 6.08. The lowest BCUT2D eigenvalue weighted by atomic mass is 10.0. The third-order valence-electron chi connectivity index (χ3n) is 4.42. The second kappa shape index (κ2) is 8.87. The largest absolute Gasteiger partial charge is 0.504 e. The standard InChI is InChI=1S/C24H20O6/c1-30-24(29)19-9-8-17(6-2-15-4-10-20(25)22(27)12-15)18(14-19)7-3-16-5-11-21(26)23(28)13-16/h2-14,25-28H,1H3. The third kappa shape index (κ3) is 4.80. The van der Waals surface area contributed by atoms with Crippen LogP contribution in [0.15, 0.2) is 54.6 Å². The van der Waals surface area contributed by atoms with Gasteiger partial charge in [0.05, 0.1) is 12.7 Å². The first-order chi connectivity index (χ1) is 14.4. The normalized spacial score (nSPS) is 11.2. The highest BCUT2D eigenvalue weighted by Crippen LogP contribution is 2.28. The Balaban J connectivity index is 1.98. The summed E-state index contributed by atoms with van der Waals surface area (Å²) in [5.41, 5.74) is 3.22. The van der Waals surface area contributed by atoms with Gasteiger partial charge < -0.3 is 25.2 Å². The van der Waals surface area contributed by atoms with E-state index in [0.717, 1.165) is 5.56 Å². The Labute approximate surface area is 173 Å². The lowest BCUT2D eigenvalue weighted by Crippen LogP contribution is -2.01. The number of carbonyl (C=O) groups excluding carboxylic acids is 1. The Morgan fingerprint density at radius 3 is 1.70 bits per heavy atom. The highest BCUT2D eigenvalue weighted by Gasteiger charge is 2.08. The van der Waals surface area contributed by atoms with Crippen molar-refractivity contribution in [2.45, 2.75) is 0 Å². The van der Waals surface area contributed by atoms with Crippen LogP contribution in [0.4, 0.5) is 0 Å². The van der Waals surface area contributed by atoms with Crippen LogP contribution in [0, 0.1) is 0 Å². The molecule has 0 radical (unpaired) electrons. The molecule has 0 aliphatic carbocycles. The summed E-state index contributed by atoms with van der Waals surface area (Å²) < 4.78 is 4.78. The molecule has 0 aliphatic heterocycles. The van der Waals surface area contributed by atoms with E-state index in [1.165, 1.54) is 31.4 Å². The molecule has 0 spiro atoms. The molecular weight excluding hydrogens is 384 g/mol. The Bertz CT molecular complexity index is 1140. The van der Waals surface area contributed by atoms with Gasteiger partial charge >= 0.3 is 5.97 Å². The van der Waals surface area contributed by atoms with Gasteiger partial charge in [0.15, 0.2) is 23.0 Å². The molecule has 152 valence electrons. The first kappa shape index (κ1) is 20.5. The van der Waals surface area contributed by atoms with Crippen LogP contribution in [0.2, 0.25) is 0 Å². The molecule has 30 heavy (non-hydrogen) atoms. The molecule has 0 atom stereocenters. The average molecular weight is 404 g/mol. The fourth-order valence-electron chi connectivity index (χ4n) is 2.78. The zero-order valence-electron chi connectivity index (χ0n) is 16.1. The van der Waals surface area contributed by atoms with Crippen LogP contribution in [0.1, 0.15) is 32.6 Å². The van der Waals surface area contributed by atoms with Crippen molar-refractivity contribution in [1.29, 1.82) is 0 Å². The van der Waals surface area contributed by atoms with Crippen molar-refractivity contribution >= 4 is 30.3 Å². The molecular formula is C24H20O6. The zero-order valence-corrected chi connectivity index (χ0v) is 16.1. The molecule has 0 fully saturated rings. The molecule has 0 heterocycles. The lowest BCUT2D eigenvalue weighted by molar-refractivity contribution is 0.0600. The van der Waals surface area contributed by atoms with Crippen molar-refractivity contribution in [3.05, 3.63) is 82.4 Å². The number of carbonyl (C=O) groups is 1. The minimum absolute atomic E-state index is 0.199. The number of ether oxygens (including phenoxy) is 1. The maximum atomic E-state index is 11.9. The number of benzene rings is 3. The van der Waals surface area contributed by atoms with Gasteiger partial charge in [-0.1, -0.05) is 42.5 Å². The van der Waals surface area contributed by atoms with Crippen molar-refractivity contribution in [1.82, 2.24) is 0 Å². The van der Waals surface area contributed by atoms with Gasteiger partial charge in [0, 0.05) is 0 Å². The first-order valence-corrected chi connectivity index (χ1v) is 9.00. The van der Waals surface area contributed by atoms with Crippen LogP contribution >= 0.6 is 0 Å². The van der Waals surface area contributed by atoms with Crippen molar-refractivity contribution in [2.75, 3.05) is 7.11 Å². The van der Waals surface area contributed by atoms with E-state index in [1.807, 2.05) is 0 Å². The predicted molar refractivity (Wildman–Crippen MR) is 115 cm³/mol. The van der Waals surface area contributed by atoms with Gasteiger partial charge in [0.1, 0.15) is 0 Å². The first-order valence-electron chi connectivity index (χ1n) is 9.00. The monoisotopic (exact) mass is 404 g/mol. The molecule has 0 amide bonds. The minimum Gasteiger partial charge on any atom is -0.504 e. The average Bonchev–Trinajstić information content (AvgIpc) is 2.75. The molecule has 6 nitrogen and oxygen atoms in total. The SMILES string of the molecule is COC(=O)c1ccc(C=Cc2ccc(O)c(O)c2)c(C=Cc2ccc(O)c(O)c2)c1. The molecule has 6 heteroatoms. The maximum Gasteiger partial charge on any atom is 0.337 e. The summed E-state index contributed by atoms with van der Waals surface area (Å²) in [7, 11) is 1.31. The van der Waals surface area contributed by atoms with Gasteiger partial charge in [-0.15, -0.1) is 0 Å². The number of phenols is 4. The van der Waals surface area contributed by atoms with Crippen molar-refractivity contribution in [3.63, 3.8) is 0 Å². The molecule has 3 aromatic rings. The number of phenolic OH excluding ortho intramolecular Hbond substituents is 4. The summed E-state index contributed by atoms with van der Waals surface area (Å²) in [6.45, 7) is 0.